The molecule has 1 aliphatic rings. The molecule has 112 valence electrons. The molecule has 5 heteroatoms. The van der Waals surface area contributed by atoms with Crippen molar-refractivity contribution in [2.45, 2.75) is 26.8 Å². The summed E-state index contributed by atoms with van der Waals surface area (Å²) in [5.74, 6) is 0.625. The quantitative estimate of drug-likeness (QED) is 0.711. The number of nitrogens with two attached hydrogens (primary N) is 1. The van der Waals surface area contributed by atoms with Crippen LogP contribution in [0.2, 0.25) is 0 Å². The zero-order valence-electron chi connectivity index (χ0n) is 12.9. The number of carbonyl (C=O) groups excluding carboxylic acids is 1. The number of likely N-dealkylation sites (N-methyl/N-ethyl adjacent to an activating group) is 1. The van der Waals surface area contributed by atoms with Crippen molar-refractivity contribution < 1.29 is 4.79 Å². The molecule has 1 amide bonds. The summed E-state index contributed by atoms with van der Waals surface area (Å²) in [5.41, 5.74) is 5.82. The highest BCUT2D eigenvalue weighted by Crippen LogP contribution is 2.04. The Kier molecular flexibility index (Phi) is 6.75. The summed E-state index contributed by atoms with van der Waals surface area (Å²) < 4.78 is 0. The lowest BCUT2D eigenvalue weighted by Crippen LogP contribution is -2.48. The predicted molar refractivity (Wildman–Crippen MR) is 78.9 cm³/mol. The first-order valence-electron chi connectivity index (χ1n) is 7.34. The molecule has 0 aliphatic carbocycles. The van der Waals surface area contributed by atoms with Crippen molar-refractivity contribution in [2.24, 2.45) is 17.6 Å². The van der Waals surface area contributed by atoms with Crippen LogP contribution in [0.1, 0.15) is 20.8 Å². The van der Waals surface area contributed by atoms with Gasteiger partial charge in [0.15, 0.2) is 0 Å². The molecule has 1 heterocycles. The van der Waals surface area contributed by atoms with E-state index in [2.05, 4.69) is 29.1 Å². The van der Waals surface area contributed by atoms with Gasteiger partial charge in [-0.2, -0.15) is 0 Å². The summed E-state index contributed by atoms with van der Waals surface area (Å²) in [6, 6.07) is -0.393. The van der Waals surface area contributed by atoms with E-state index in [4.69, 9.17) is 5.73 Å². The number of amides is 1. The summed E-state index contributed by atoms with van der Waals surface area (Å²) in [4.78, 5) is 16.6. The average molecular weight is 270 g/mol. The molecule has 3 N–H and O–H groups in total. The van der Waals surface area contributed by atoms with E-state index in [1.165, 1.54) is 0 Å². The third kappa shape index (κ3) is 5.89. The van der Waals surface area contributed by atoms with Crippen molar-refractivity contribution in [3.05, 3.63) is 0 Å². The standard InChI is InChI=1S/C14H30N4O/c1-11(2)13(15)14(19)16-9-12(3)10-18-7-5-17(4)6-8-18/h11-13H,5-10,15H2,1-4H3,(H,16,19)/t12?,13-/m0/s1. The smallest absolute Gasteiger partial charge is 0.237 e. The lowest BCUT2D eigenvalue weighted by Gasteiger charge is -2.34. The maximum Gasteiger partial charge on any atom is 0.237 e. The second-order valence-electron chi connectivity index (χ2n) is 6.22. The highest BCUT2D eigenvalue weighted by atomic mass is 16.2. The van der Waals surface area contributed by atoms with Gasteiger partial charge >= 0.3 is 0 Å². The van der Waals surface area contributed by atoms with Crippen LogP contribution in [0.4, 0.5) is 0 Å². The van der Waals surface area contributed by atoms with Crippen LogP contribution in [-0.2, 0) is 4.79 Å². The Bertz CT molecular complexity index is 275. The second kappa shape index (κ2) is 7.82. The average Bonchev–Trinajstić information content (AvgIpc) is 2.37. The number of rotatable bonds is 6. The first kappa shape index (κ1) is 16.4. The van der Waals surface area contributed by atoms with Gasteiger partial charge in [-0.1, -0.05) is 20.8 Å². The van der Waals surface area contributed by atoms with Crippen molar-refractivity contribution in [1.29, 1.82) is 0 Å². The topological polar surface area (TPSA) is 61.6 Å². The second-order valence-corrected chi connectivity index (χ2v) is 6.22. The SMILES string of the molecule is CC(CNC(=O)[C@@H](N)C(C)C)CN1CCN(C)CC1. The number of nitrogens with one attached hydrogen (secondary N) is 1. The summed E-state index contributed by atoms with van der Waals surface area (Å²) in [6.07, 6.45) is 0. The van der Waals surface area contributed by atoms with Gasteiger partial charge in [0.05, 0.1) is 6.04 Å². The van der Waals surface area contributed by atoms with E-state index in [1.807, 2.05) is 13.8 Å². The number of hydrogen-bond acceptors (Lipinski definition) is 4. The first-order valence-corrected chi connectivity index (χ1v) is 7.34. The Morgan fingerprint density at radius 1 is 1.21 bits per heavy atom. The van der Waals surface area contributed by atoms with Gasteiger partial charge in [-0.25, -0.2) is 0 Å². The highest BCUT2D eigenvalue weighted by Gasteiger charge is 2.19. The Morgan fingerprint density at radius 2 is 1.79 bits per heavy atom. The van der Waals surface area contributed by atoms with Crippen molar-refractivity contribution >= 4 is 5.91 Å². The van der Waals surface area contributed by atoms with E-state index in [0.29, 0.717) is 12.5 Å². The molecule has 0 aromatic carbocycles. The lowest BCUT2D eigenvalue weighted by atomic mass is 10.0. The molecule has 0 spiro atoms. The molecule has 0 aromatic rings. The summed E-state index contributed by atoms with van der Waals surface area (Å²) in [6.45, 7) is 12.4. The largest absolute Gasteiger partial charge is 0.354 e. The molecule has 0 radical (unpaired) electrons. The minimum absolute atomic E-state index is 0.0276. The Hall–Kier alpha value is -0.650. The van der Waals surface area contributed by atoms with Crippen LogP contribution in [0, 0.1) is 11.8 Å². The molecule has 5 nitrogen and oxygen atoms in total. The molecule has 1 rings (SSSR count). The van der Waals surface area contributed by atoms with Crippen molar-refractivity contribution in [3.8, 4) is 0 Å². The number of carbonyl (C=O) groups is 1. The van der Waals surface area contributed by atoms with Crippen molar-refractivity contribution in [2.75, 3.05) is 46.3 Å². The summed E-state index contributed by atoms with van der Waals surface area (Å²) in [5, 5.41) is 2.96. The molecule has 1 aliphatic heterocycles. The van der Waals surface area contributed by atoms with Crippen LogP contribution in [0.5, 0.6) is 0 Å². The molecule has 2 atom stereocenters. The summed E-state index contributed by atoms with van der Waals surface area (Å²) in [7, 11) is 2.16. The van der Waals surface area contributed by atoms with Crippen LogP contribution in [0.15, 0.2) is 0 Å². The van der Waals surface area contributed by atoms with Crippen LogP contribution in [0.3, 0.4) is 0 Å². The van der Waals surface area contributed by atoms with E-state index < -0.39 is 6.04 Å². The minimum Gasteiger partial charge on any atom is -0.354 e. The maximum absolute atomic E-state index is 11.8. The van der Waals surface area contributed by atoms with Gasteiger partial charge in [0.25, 0.3) is 0 Å². The van der Waals surface area contributed by atoms with Gasteiger partial charge in [0, 0.05) is 39.3 Å². The van der Waals surface area contributed by atoms with Crippen LogP contribution in [0.25, 0.3) is 0 Å². The van der Waals surface area contributed by atoms with Gasteiger partial charge in [0.2, 0.25) is 5.91 Å². The monoisotopic (exact) mass is 270 g/mol. The van der Waals surface area contributed by atoms with Gasteiger partial charge in [-0.05, 0) is 18.9 Å². The van der Waals surface area contributed by atoms with Gasteiger partial charge in [-0.3, -0.25) is 4.79 Å². The fourth-order valence-corrected chi connectivity index (χ4v) is 2.23. The van der Waals surface area contributed by atoms with Crippen LogP contribution >= 0.6 is 0 Å². The highest BCUT2D eigenvalue weighted by molar-refractivity contribution is 5.81. The minimum atomic E-state index is -0.393. The van der Waals surface area contributed by atoms with Gasteiger partial charge < -0.3 is 20.9 Å². The molecule has 1 fully saturated rings. The predicted octanol–water partition coefficient (Wildman–Crippen LogP) is -0.0306. The van der Waals surface area contributed by atoms with E-state index in [-0.39, 0.29) is 11.8 Å². The molecule has 0 aromatic heterocycles. The Balaban J connectivity index is 2.20. The van der Waals surface area contributed by atoms with E-state index in [9.17, 15) is 4.79 Å². The fourth-order valence-electron chi connectivity index (χ4n) is 2.23. The number of nitrogens with zero attached hydrogens (tertiary/aromatic N) is 2. The molecule has 0 saturated carbocycles. The first-order chi connectivity index (χ1) is 8.90. The van der Waals surface area contributed by atoms with Gasteiger partial charge in [-0.15, -0.1) is 0 Å². The third-order valence-electron chi connectivity index (χ3n) is 3.81. The number of piperazine rings is 1. The molecule has 0 bridgehead atoms. The van der Waals surface area contributed by atoms with Crippen LogP contribution in [-0.4, -0.2) is 68.1 Å². The van der Waals surface area contributed by atoms with Crippen molar-refractivity contribution in [1.82, 2.24) is 15.1 Å². The molecular weight excluding hydrogens is 240 g/mol. The zero-order chi connectivity index (χ0) is 14.4. The fraction of sp³-hybridized carbons (Fsp3) is 0.929. The Labute approximate surface area is 117 Å². The van der Waals surface area contributed by atoms with Crippen LogP contribution < -0.4 is 11.1 Å². The third-order valence-corrected chi connectivity index (χ3v) is 3.81. The normalized spacial score (nSPS) is 21.4. The van der Waals surface area contributed by atoms with Crippen molar-refractivity contribution in [3.63, 3.8) is 0 Å². The zero-order valence-corrected chi connectivity index (χ0v) is 12.9. The Morgan fingerprint density at radius 3 is 2.32 bits per heavy atom. The van der Waals surface area contributed by atoms with E-state index >= 15 is 0 Å². The molecule has 1 unspecified atom stereocenters. The van der Waals surface area contributed by atoms with E-state index in [0.717, 1.165) is 32.7 Å². The maximum atomic E-state index is 11.8. The summed E-state index contributed by atoms with van der Waals surface area (Å²) >= 11 is 0. The molecule has 19 heavy (non-hydrogen) atoms. The molecular formula is C14H30N4O. The van der Waals surface area contributed by atoms with E-state index in [1.54, 1.807) is 0 Å². The molecule has 1 saturated heterocycles. The van der Waals surface area contributed by atoms with Gasteiger partial charge in [0.1, 0.15) is 0 Å². The lowest BCUT2D eigenvalue weighted by molar-refractivity contribution is -0.123. The number of hydrogen-bond donors (Lipinski definition) is 2.